The number of amides is 1. The van der Waals surface area contributed by atoms with Crippen molar-refractivity contribution in [2.45, 2.75) is 45.1 Å². The molecule has 1 N–H and O–H groups in total. The van der Waals surface area contributed by atoms with Crippen molar-refractivity contribution in [3.63, 3.8) is 0 Å². The van der Waals surface area contributed by atoms with Gasteiger partial charge in [-0.3, -0.25) is 9.69 Å². The summed E-state index contributed by atoms with van der Waals surface area (Å²) in [7, 11) is 1.98. The molecule has 2 rings (SSSR count). The summed E-state index contributed by atoms with van der Waals surface area (Å²) < 4.78 is 0. The molecular weight excluding hydrogens is 238 g/mol. The highest BCUT2D eigenvalue weighted by Gasteiger charge is 2.37. The van der Waals surface area contributed by atoms with Gasteiger partial charge < -0.3 is 10.2 Å². The van der Waals surface area contributed by atoms with Crippen molar-refractivity contribution in [1.29, 1.82) is 0 Å². The predicted octanol–water partition coefficient (Wildman–Crippen LogP) is 1.32. The second-order valence-corrected chi connectivity index (χ2v) is 6.63. The highest BCUT2D eigenvalue weighted by molar-refractivity contribution is 5.85. The Kier molecular flexibility index (Phi) is 4.85. The monoisotopic (exact) mass is 267 g/mol. The lowest BCUT2D eigenvalue weighted by atomic mass is 9.98. The van der Waals surface area contributed by atoms with Crippen molar-refractivity contribution in [2.24, 2.45) is 5.92 Å². The molecule has 4 heteroatoms. The highest BCUT2D eigenvalue weighted by Crippen LogP contribution is 2.26. The second-order valence-electron chi connectivity index (χ2n) is 6.63. The van der Waals surface area contributed by atoms with E-state index in [1.807, 2.05) is 11.9 Å². The van der Waals surface area contributed by atoms with Gasteiger partial charge in [-0.2, -0.15) is 0 Å². The minimum atomic E-state index is -0.366. The number of piperazine rings is 1. The van der Waals surface area contributed by atoms with Crippen LogP contribution in [-0.4, -0.2) is 61.0 Å². The third-order valence-corrected chi connectivity index (χ3v) is 4.78. The number of nitrogens with zero attached hydrogens (tertiary/aromatic N) is 2. The normalized spacial score (nSPS) is 22.7. The Balaban J connectivity index is 1.91. The van der Waals surface area contributed by atoms with Gasteiger partial charge >= 0.3 is 0 Å². The van der Waals surface area contributed by atoms with Crippen LogP contribution in [0, 0.1) is 5.92 Å². The fourth-order valence-electron chi connectivity index (χ4n) is 3.49. The van der Waals surface area contributed by atoms with Gasteiger partial charge in [0.05, 0.1) is 5.54 Å². The van der Waals surface area contributed by atoms with Crippen molar-refractivity contribution in [3.8, 4) is 0 Å². The summed E-state index contributed by atoms with van der Waals surface area (Å²) in [5.41, 5.74) is -0.366. The van der Waals surface area contributed by atoms with Gasteiger partial charge in [-0.1, -0.05) is 12.8 Å². The molecule has 2 aliphatic rings. The van der Waals surface area contributed by atoms with Crippen LogP contribution in [0.25, 0.3) is 0 Å². The minimum absolute atomic E-state index is 0.279. The van der Waals surface area contributed by atoms with E-state index in [1.54, 1.807) is 0 Å². The van der Waals surface area contributed by atoms with Gasteiger partial charge in [0.1, 0.15) is 0 Å². The Morgan fingerprint density at radius 1 is 1.26 bits per heavy atom. The lowest BCUT2D eigenvalue weighted by Gasteiger charge is -2.42. The molecular formula is C15H29N3O. The molecule has 1 heterocycles. The van der Waals surface area contributed by atoms with E-state index in [-0.39, 0.29) is 11.4 Å². The average molecular weight is 267 g/mol. The molecule has 1 saturated heterocycles. The molecule has 1 amide bonds. The quantitative estimate of drug-likeness (QED) is 0.834. The van der Waals surface area contributed by atoms with Crippen LogP contribution in [0.1, 0.15) is 39.5 Å². The molecule has 0 aromatic heterocycles. The van der Waals surface area contributed by atoms with Gasteiger partial charge in [0.2, 0.25) is 5.91 Å². The van der Waals surface area contributed by atoms with Gasteiger partial charge in [-0.05, 0) is 32.6 Å². The van der Waals surface area contributed by atoms with Crippen molar-refractivity contribution < 1.29 is 4.79 Å². The van der Waals surface area contributed by atoms with E-state index in [1.165, 1.54) is 25.7 Å². The zero-order chi connectivity index (χ0) is 13.9. The number of rotatable bonds is 4. The number of nitrogens with one attached hydrogen (secondary N) is 1. The topological polar surface area (TPSA) is 35.6 Å². The van der Waals surface area contributed by atoms with E-state index < -0.39 is 0 Å². The fraction of sp³-hybridized carbons (Fsp3) is 0.933. The lowest BCUT2D eigenvalue weighted by Crippen LogP contribution is -2.60. The van der Waals surface area contributed by atoms with E-state index in [9.17, 15) is 4.79 Å². The smallest absolute Gasteiger partial charge is 0.242 e. The van der Waals surface area contributed by atoms with Crippen LogP contribution >= 0.6 is 0 Å². The third kappa shape index (κ3) is 3.48. The predicted molar refractivity (Wildman–Crippen MR) is 78.1 cm³/mol. The first-order valence-electron chi connectivity index (χ1n) is 7.73. The first-order chi connectivity index (χ1) is 9.01. The standard InChI is InChI=1S/C15H29N3O/c1-15(2,18-10-8-16-9-11-18)14(19)17(3)12-13-6-4-5-7-13/h13,16H,4-12H2,1-3H3. The zero-order valence-electron chi connectivity index (χ0n) is 12.7. The van der Waals surface area contributed by atoms with Crippen LogP contribution in [0.4, 0.5) is 0 Å². The molecule has 0 atom stereocenters. The second kappa shape index (κ2) is 6.23. The summed E-state index contributed by atoms with van der Waals surface area (Å²) in [5, 5.41) is 3.35. The Hall–Kier alpha value is -0.610. The van der Waals surface area contributed by atoms with Crippen molar-refractivity contribution in [3.05, 3.63) is 0 Å². The third-order valence-electron chi connectivity index (χ3n) is 4.78. The molecule has 1 aliphatic carbocycles. The summed E-state index contributed by atoms with van der Waals surface area (Å²) in [6.45, 7) is 9.00. The first-order valence-corrected chi connectivity index (χ1v) is 7.73. The summed E-state index contributed by atoms with van der Waals surface area (Å²) in [5.74, 6) is 1.01. The van der Waals surface area contributed by atoms with Crippen LogP contribution in [0.2, 0.25) is 0 Å². The SMILES string of the molecule is CN(CC1CCCC1)C(=O)C(C)(C)N1CCNCC1. The maximum absolute atomic E-state index is 12.7. The van der Waals surface area contributed by atoms with E-state index in [2.05, 4.69) is 24.1 Å². The fourth-order valence-corrected chi connectivity index (χ4v) is 3.49. The molecule has 0 aromatic rings. The van der Waals surface area contributed by atoms with Gasteiger partial charge in [0, 0.05) is 39.8 Å². The molecule has 2 fully saturated rings. The van der Waals surface area contributed by atoms with Gasteiger partial charge in [-0.25, -0.2) is 0 Å². The summed E-state index contributed by atoms with van der Waals surface area (Å²) in [4.78, 5) is 17.0. The first kappa shape index (κ1) is 14.8. The molecule has 0 spiro atoms. The summed E-state index contributed by atoms with van der Waals surface area (Å²) >= 11 is 0. The Labute approximate surface area is 117 Å². The largest absolute Gasteiger partial charge is 0.344 e. The van der Waals surface area contributed by atoms with E-state index in [4.69, 9.17) is 0 Å². The van der Waals surface area contributed by atoms with Gasteiger partial charge in [0.25, 0.3) is 0 Å². The number of hydrogen-bond donors (Lipinski definition) is 1. The van der Waals surface area contributed by atoms with Crippen LogP contribution in [-0.2, 0) is 4.79 Å². The number of carbonyl (C=O) groups excluding carboxylic acids is 1. The molecule has 0 bridgehead atoms. The number of hydrogen-bond acceptors (Lipinski definition) is 3. The van der Waals surface area contributed by atoms with Gasteiger partial charge in [0.15, 0.2) is 0 Å². The molecule has 0 unspecified atom stereocenters. The molecule has 19 heavy (non-hydrogen) atoms. The zero-order valence-corrected chi connectivity index (χ0v) is 12.7. The van der Waals surface area contributed by atoms with Crippen LogP contribution in [0.5, 0.6) is 0 Å². The molecule has 0 aromatic carbocycles. The van der Waals surface area contributed by atoms with E-state index in [0.29, 0.717) is 0 Å². The average Bonchev–Trinajstić information content (AvgIpc) is 2.91. The minimum Gasteiger partial charge on any atom is -0.344 e. The molecule has 0 radical (unpaired) electrons. The van der Waals surface area contributed by atoms with Crippen LogP contribution in [0.15, 0.2) is 0 Å². The lowest BCUT2D eigenvalue weighted by molar-refractivity contribution is -0.142. The van der Waals surface area contributed by atoms with E-state index >= 15 is 0 Å². The summed E-state index contributed by atoms with van der Waals surface area (Å²) in [6.07, 6.45) is 5.28. The summed E-state index contributed by atoms with van der Waals surface area (Å²) in [6, 6.07) is 0. The van der Waals surface area contributed by atoms with Crippen LogP contribution < -0.4 is 5.32 Å². The Bertz CT molecular complexity index is 305. The molecule has 4 nitrogen and oxygen atoms in total. The van der Waals surface area contributed by atoms with Crippen molar-refractivity contribution in [1.82, 2.24) is 15.1 Å². The number of likely N-dealkylation sites (N-methyl/N-ethyl adjacent to an activating group) is 1. The number of carbonyl (C=O) groups is 1. The van der Waals surface area contributed by atoms with E-state index in [0.717, 1.165) is 38.6 Å². The highest BCUT2D eigenvalue weighted by atomic mass is 16.2. The molecule has 1 saturated carbocycles. The Morgan fingerprint density at radius 2 is 1.84 bits per heavy atom. The molecule has 1 aliphatic heterocycles. The molecule has 110 valence electrons. The maximum atomic E-state index is 12.7. The Morgan fingerprint density at radius 3 is 2.42 bits per heavy atom. The maximum Gasteiger partial charge on any atom is 0.242 e. The van der Waals surface area contributed by atoms with Crippen LogP contribution in [0.3, 0.4) is 0 Å². The van der Waals surface area contributed by atoms with Gasteiger partial charge in [-0.15, -0.1) is 0 Å². The van der Waals surface area contributed by atoms with Crippen molar-refractivity contribution >= 4 is 5.91 Å². The van der Waals surface area contributed by atoms with Crippen molar-refractivity contribution in [2.75, 3.05) is 39.8 Å².